The topological polar surface area (TPSA) is 32.0 Å². The molecule has 2 aromatic carbocycles. The van der Waals surface area contributed by atoms with Gasteiger partial charge in [-0.25, -0.2) is 4.98 Å². The molecule has 0 spiro atoms. The van der Waals surface area contributed by atoms with Crippen molar-refractivity contribution < 1.29 is 13.6 Å². The molecule has 2 aromatic heterocycles. The fourth-order valence-electron chi connectivity index (χ4n) is 4.17. The summed E-state index contributed by atoms with van der Waals surface area (Å²) in [7, 11) is 0. The maximum absolute atomic E-state index is 6.12. The molecule has 5 rings (SSSR count). The quantitative estimate of drug-likeness (QED) is 0.353. The Balaban J connectivity index is 1.75. The van der Waals surface area contributed by atoms with Crippen molar-refractivity contribution in [2.75, 3.05) is 0 Å². The van der Waals surface area contributed by atoms with E-state index in [9.17, 15) is 0 Å². The van der Waals surface area contributed by atoms with E-state index in [0.717, 1.165) is 22.0 Å². The second-order valence-corrected chi connectivity index (χ2v) is 8.34. The molecule has 0 amide bonds. The van der Waals surface area contributed by atoms with Gasteiger partial charge in [0.2, 0.25) is 17.0 Å². The number of pyridine rings is 1. The van der Waals surface area contributed by atoms with Crippen LogP contribution in [0.5, 0.6) is 0 Å². The van der Waals surface area contributed by atoms with E-state index in [2.05, 4.69) is 85.9 Å². The van der Waals surface area contributed by atoms with Gasteiger partial charge in [-0.1, -0.05) is 61.1 Å². The molecule has 4 heteroatoms. The summed E-state index contributed by atoms with van der Waals surface area (Å²) in [6, 6.07) is 20.3. The average Bonchev–Trinajstić information content (AvgIpc) is 3.38. The summed E-state index contributed by atoms with van der Waals surface area (Å²) < 4.78 is 10.2. The molecule has 1 aliphatic heterocycles. The van der Waals surface area contributed by atoms with Crippen molar-refractivity contribution in [2.24, 2.45) is 0 Å². The lowest BCUT2D eigenvalue weighted by Gasteiger charge is -2.12. The van der Waals surface area contributed by atoms with Crippen LogP contribution in [0, 0.1) is 0 Å². The lowest BCUT2D eigenvalue weighted by atomic mass is 9.92. The van der Waals surface area contributed by atoms with E-state index in [1.54, 1.807) is 6.20 Å². The third-order valence-corrected chi connectivity index (χ3v) is 5.68. The van der Waals surface area contributed by atoms with Crippen molar-refractivity contribution in [3.63, 3.8) is 0 Å². The average molecular weight is 396 g/mol. The molecule has 0 radical (unpaired) electrons. The van der Waals surface area contributed by atoms with Crippen LogP contribution < -0.4 is 0 Å². The summed E-state index contributed by atoms with van der Waals surface area (Å²) in [6.07, 6.45) is 5.87. The lowest BCUT2D eigenvalue weighted by molar-refractivity contribution is -0.387. The minimum atomic E-state index is 0.424. The normalized spacial score (nSPS) is 13.7. The molecule has 0 fully saturated rings. The first-order valence-corrected chi connectivity index (χ1v) is 10.5. The van der Waals surface area contributed by atoms with E-state index in [4.69, 9.17) is 4.42 Å². The van der Waals surface area contributed by atoms with Crippen molar-refractivity contribution in [3.8, 4) is 0 Å². The monoisotopic (exact) mass is 395 g/mol. The Morgan fingerprint density at radius 3 is 2.20 bits per heavy atom. The van der Waals surface area contributed by atoms with Gasteiger partial charge in [-0.2, -0.15) is 0 Å². The fraction of sp³-hybridized carbons (Fsp3) is 0.231. The molecule has 0 bridgehead atoms. The van der Waals surface area contributed by atoms with Crippen LogP contribution in [0.1, 0.15) is 50.7 Å². The second-order valence-electron chi connectivity index (χ2n) is 8.34. The first kappa shape index (κ1) is 18.5. The third kappa shape index (κ3) is 2.89. The van der Waals surface area contributed by atoms with Crippen LogP contribution in [0.4, 0.5) is 11.4 Å². The molecule has 4 nitrogen and oxygen atoms in total. The molecular weight excluding hydrogens is 370 g/mol. The molecule has 4 aromatic rings. The van der Waals surface area contributed by atoms with Gasteiger partial charge in [0.25, 0.3) is 18.1 Å². The van der Waals surface area contributed by atoms with Crippen molar-refractivity contribution in [1.82, 2.24) is 4.98 Å². The van der Waals surface area contributed by atoms with Crippen LogP contribution >= 0.6 is 0 Å². The summed E-state index contributed by atoms with van der Waals surface area (Å²) in [6.45, 7) is 8.95. The maximum atomic E-state index is 6.12. The van der Waals surface area contributed by atoms with Gasteiger partial charge in [0.05, 0.1) is 0 Å². The van der Waals surface area contributed by atoms with Gasteiger partial charge >= 0.3 is 6.01 Å². The summed E-state index contributed by atoms with van der Waals surface area (Å²) in [5.41, 5.74) is 6.31. The summed E-state index contributed by atoms with van der Waals surface area (Å²) in [5, 5.41) is 2.09. The first-order valence-electron chi connectivity index (χ1n) is 10.5. The summed E-state index contributed by atoms with van der Waals surface area (Å²) >= 11 is 0. The number of furan rings is 1. The molecule has 0 unspecified atom stereocenters. The molecule has 0 N–H and O–H groups in total. The van der Waals surface area contributed by atoms with E-state index < -0.39 is 0 Å². The van der Waals surface area contributed by atoms with Crippen LogP contribution in [0.15, 0.2) is 71.5 Å². The Kier molecular flexibility index (Phi) is 4.38. The minimum Gasteiger partial charge on any atom is -0.431 e. The largest absolute Gasteiger partial charge is 0.502 e. The Morgan fingerprint density at radius 2 is 1.47 bits per heavy atom. The molecule has 0 saturated carbocycles. The number of benzene rings is 2. The molecule has 0 atom stereocenters. The standard InChI is InChI=1S/C26H25N3O/c1-17(2)19-8-5-9-20(18(3)4)24(19)29-15-14-28(16-29)23-12-6-10-21-22-11-7-13-27-26(22)30-25(21)23/h5-15,17-18H,1-4H3/q+2. The van der Waals surface area contributed by atoms with Crippen LogP contribution in [0.25, 0.3) is 22.1 Å². The van der Waals surface area contributed by atoms with Crippen molar-refractivity contribution in [1.29, 1.82) is 0 Å². The van der Waals surface area contributed by atoms with Crippen molar-refractivity contribution in [3.05, 3.63) is 78.3 Å². The predicted molar refractivity (Wildman–Crippen MR) is 120 cm³/mol. The molecular formula is C26H25N3O+2. The Bertz CT molecular complexity index is 1360. The van der Waals surface area contributed by atoms with Gasteiger partial charge in [0.15, 0.2) is 0 Å². The fourth-order valence-corrected chi connectivity index (χ4v) is 4.17. The highest BCUT2D eigenvalue weighted by Crippen LogP contribution is 2.37. The molecule has 0 saturated heterocycles. The number of para-hydroxylation sites is 2. The molecule has 3 heterocycles. The number of nitrogens with zero attached hydrogens (tertiary/aromatic N) is 3. The predicted octanol–water partition coefficient (Wildman–Crippen LogP) is 6.87. The zero-order valence-electron chi connectivity index (χ0n) is 17.8. The van der Waals surface area contributed by atoms with E-state index in [1.807, 2.05) is 22.9 Å². The minimum absolute atomic E-state index is 0.424. The SMILES string of the molecule is CC(C)c1cccc(C(C)C)c1[N+]1=C=[N+](c2cccc3c2oc2ncccc23)C=C1. The van der Waals surface area contributed by atoms with Crippen LogP contribution in [0.2, 0.25) is 0 Å². The zero-order valence-corrected chi connectivity index (χ0v) is 17.8. The summed E-state index contributed by atoms with van der Waals surface area (Å²) in [5.74, 6) is 0.848. The first-order chi connectivity index (χ1) is 14.5. The molecule has 1 aliphatic rings. The molecule has 148 valence electrons. The van der Waals surface area contributed by atoms with E-state index in [0.29, 0.717) is 17.5 Å². The summed E-state index contributed by atoms with van der Waals surface area (Å²) in [4.78, 5) is 4.38. The molecule has 30 heavy (non-hydrogen) atoms. The third-order valence-electron chi connectivity index (χ3n) is 5.68. The van der Waals surface area contributed by atoms with Gasteiger partial charge in [-0.3, -0.25) is 0 Å². The van der Waals surface area contributed by atoms with Crippen molar-refractivity contribution >= 4 is 39.5 Å². The zero-order chi connectivity index (χ0) is 20.8. The Morgan fingerprint density at radius 1 is 0.800 bits per heavy atom. The van der Waals surface area contributed by atoms with E-state index >= 15 is 0 Å². The van der Waals surface area contributed by atoms with Crippen LogP contribution in [0.3, 0.4) is 0 Å². The van der Waals surface area contributed by atoms with Gasteiger partial charge in [-0.05, 0) is 30.0 Å². The Labute approximate surface area is 176 Å². The van der Waals surface area contributed by atoms with Crippen molar-refractivity contribution in [2.45, 2.75) is 39.5 Å². The number of fused-ring (bicyclic) bond motifs is 3. The molecule has 0 aliphatic carbocycles. The maximum Gasteiger partial charge on any atom is 0.502 e. The number of hydrogen-bond donors (Lipinski definition) is 0. The van der Waals surface area contributed by atoms with E-state index in [-0.39, 0.29) is 0 Å². The smallest absolute Gasteiger partial charge is 0.431 e. The van der Waals surface area contributed by atoms with E-state index in [1.165, 1.54) is 16.8 Å². The van der Waals surface area contributed by atoms with Gasteiger partial charge in [-0.15, -0.1) is 0 Å². The number of aromatic nitrogens is 1. The number of rotatable bonds is 4. The van der Waals surface area contributed by atoms with Crippen LogP contribution in [-0.2, 0) is 0 Å². The highest BCUT2D eigenvalue weighted by molar-refractivity contribution is 6.06. The lowest BCUT2D eigenvalue weighted by Crippen LogP contribution is -2.05. The highest BCUT2D eigenvalue weighted by Gasteiger charge is 2.30. The number of hydrogen-bond acceptors (Lipinski definition) is 2. The van der Waals surface area contributed by atoms with Gasteiger partial charge in [0, 0.05) is 34.2 Å². The highest BCUT2D eigenvalue weighted by atomic mass is 16.3. The van der Waals surface area contributed by atoms with Crippen LogP contribution in [-0.4, -0.2) is 20.1 Å². The Hall–Kier alpha value is -3.49. The van der Waals surface area contributed by atoms with Gasteiger partial charge < -0.3 is 4.42 Å². The second kappa shape index (κ2) is 7.08. The van der Waals surface area contributed by atoms with Gasteiger partial charge in [0.1, 0.15) is 0 Å².